The average Bonchev–Trinajstić information content (AvgIpc) is 2.72. The minimum atomic E-state index is -4.09. The smallest absolute Gasteiger partial charge is 0.426 e. The van der Waals surface area contributed by atoms with Crippen molar-refractivity contribution in [2.75, 3.05) is 0 Å². The first-order valence-corrected chi connectivity index (χ1v) is 9.00. The van der Waals surface area contributed by atoms with Crippen LogP contribution in [0.5, 0.6) is 11.5 Å². The van der Waals surface area contributed by atoms with Gasteiger partial charge in [0, 0.05) is 12.1 Å². The number of benzene rings is 3. The number of alkyl halides is 4. The minimum Gasteiger partial charge on any atom is -0.429 e. The van der Waals surface area contributed by atoms with E-state index < -0.39 is 52.3 Å². The van der Waals surface area contributed by atoms with Gasteiger partial charge in [-0.1, -0.05) is 19.1 Å². The van der Waals surface area contributed by atoms with Crippen molar-refractivity contribution in [1.82, 2.24) is 0 Å². The van der Waals surface area contributed by atoms with Crippen LogP contribution in [0.2, 0.25) is 0 Å². The molecule has 9 heteroatoms. The zero-order valence-electron chi connectivity index (χ0n) is 15.9. The third kappa shape index (κ3) is 5.10. The summed E-state index contributed by atoms with van der Waals surface area (Å²) < 4.78 is 105. The van der Waals surface area contributed by atoms with E-state index in [0.717, 1.165) is 29.8 Å². The van der Waals surface area contributed by atoms with Crippen LogP contribution in [0.4, 0.5) is 30.7 Å². The van der Waals surface area contributed by atoms with E-state index in [1.165, 1.54) is 24.3 Å². The summed E-state index contributed by atoms with van der Waals surface area (Å²) in [5.74, 6) is -6.60. The van der Waals surface area contributed by atoms with Crippen molar-refractivity contribution in [3.63, 3.8) is 0 Å². The van der Waals surface area contributed by atoms with Crippen LogP contribution in [-0.2, 0) is 18.6 Å². The van der Waals surface area contributed by atoms with Gasteiger partial charge in [0.05, 0.1) is 11.1 Å². The zero-order chi connectivity index (χ0) is 22.8. The third-order valence-corrected chi connectivity index (χ3v) is 4.34. The fourth-order valence-corrected chi connectivity index (χ4v) is 2.66. The topological polar surface area (TPSA) is 18.5 Å². The molecule has 0 atom stereocenters. The molecule has 3 aromatic rings. The van der Waals surface area contributed by atoms with Crippen LogP contribution in [-0.4, -0.2) is 0 Å². The molecule has 0 fully saturated rings. The number of hydrogen-bond donors (Lipinski definition) is 0. The fourth-order valence-electron chi connectivity index (χ4n) is 2.66. The first-order chi connectivity index (χ1) is 14.5. The minimum absolute atomic E-state index is 0.258. The summed E-state index contributed by atoms with van der Waals surface area (Å²) in [6, 6.07) is 9.21. The Bertz CT molecular complexity index is 1030. The van der Waals surface area contributed by atoms with Gasteiger partial charge in [-0.15, -0.1) is 0 Å². The summed E-state index contributed by atoms with van der Waals surface area (Å²) >= 11 is 0. The molecule has 0 heterocycles. The largest absolute Gasteiger partial charge is 0.429 e. The van der Waals surface area contributed by atoms with Crippen LogP contribution in [0, 0.1) is 17.5 Å². The van der Waals surface area contributed by atoms with Crippen molar-refractivity contribution in [2.45, 2.75) is 25.6 Å². The van der Waals surface area contributed by atoms with Crippen molar-refractivity contribution >= 4 is 0 Å². The van der Waals surface area contributed by atoms with E-state index in [0.29, 0.717) is 6.42 Å². The van der Waals surface area contributed by atoms with Gasteiger partial charge in [-0.3, -0.25) is 0 Å². The predicted molar refractivity (Wildman–Crippen MR) is 97.6 cm³/mol. The first-order valence-electron chi connectivity index (χ1n) is 9.00. The summed E-state index contributed by atoms with van der Waals surface area (Å²) in [6.07, 6.45) is -7.13. The molecule has 0 aromatic heterocycles. The second kappa shape index (κ2) is 8.49. The maximum Gasteiger partial charge on any atom is 0.426 e. The van der Waals surface area contributed by atoms with E-state index in [1.807, 2.05) is 6.92 Å². The molecular weight excluding hydrogens is 429 g/mol. The molecule has 0 radical (unpaired) electrons. The molecule has 0 unspecified atom stereocenters. The quantitative estimate of drug-likeness (QED) is 0.291. The summed E-state index contributed by atoms with van der Waals surface area (Å²) in [6.45, 7) is 1.87. The van der Waals surface area contributed by atoms with Gasteiger partial charge in [0.15, 0.2) is 17.5 Å². The van der Waals surface area contributed by atoms with Gasteiger partial charge in [-0.25, -0.2) is 13.2 Å². The number of halogens is 7. The highest BCUT2D eigenvalue weighted by Crippen LogP contribution is 2.36. The van der Waals surface area contributed by atoms with Crippen LogP contribution in [0.3, 0.4) is 0 Å². The lowest BCUT2D eigenvalue weighted by Crippen LogP contribution is -2.23. The predicted octanol–water partition coefficient (Wildman–Crippen LogP) is 6.92. The molecule has 3 aromatic carbocycles. The Balaban J connectivity index is 1.75. The molecule has 0 spiro atoms. The number of hydrogen-bond acceptors (Lipinski definition) is 2. The first kappa shape index (κ1) is 22.5. The number of aryl methyl sites for hydroxylation is 1. The van der Waals surface area contributed by atoms with Crippen molar-refractivity contribution in [1.29, 1.82) is 0 Å². The monoisotopic (exact) mass is 444 g/mol. The highest BCUT2D eigenvalue weighted by molar-refractivity contribution is 5.32. The Hall–Kier alpha value is -3.23. The highest BCUT2D eigenvalue weighted by Gasteiger charge is 2.37. The molecular formula is C22H15F7O2. The SMILES string of the molecule is CCc1ccc(C(F)(F)Oc2ccc(C(F)(F)Oc3cc(F)c(F)c(F)c3)cc2)cc1. The standard InChI is InChI=1S/C22H15F7O2/c1-2-13-3-5-14(6-4-13)21(26,27)30-16-9-7-15(8-10-16)22(28,29)31-17-11-18(23)20(25)19(24)12-17/h3-12H,2H2,1H3. The Kier molecular flexibility index (Phi) is 6.15. The molecule has 0 aliphatic rings. The lowest BCUT2D eigenvalue weighted by Gasteiger charge is -2.20. The highest BCUT2D eigenvalue weighted by atomic mass is 19.3. The van der Waals surface area contributed by atoms with Crippen LogP contribution in [0.1, 0.15) is 23.6 Å². The Labute approximate surface area is 172 Å². The molecule has 0 N–H and O–H groups in total. The zero-order valence-corrected chi connectivity index (χ0v) is 15.9. The van der Waals surface area contributed by atoms with Crippen LogP contribution < -0.4 is 9.47 Å². The van der Waals surface area contributed by atoms with Crippen molar-refractivity contribution in [2.24, 2.45) is 0 Å². The Morgan fingerprint density at radius 3 is 1.52 bits per heavy atom. The fraction of sp³-hybridized carbons (Fsp3) is 0.182. The van der Waals surface area contributed by atoms with Gasteiger partial charge < -0.3 is 9.47 Å². The molecule has 31 heavy (non-hydrogen) atoms. The van der Waals surface area contributed by atoms with Crippen LogP contribution >= 0.6 is 0 Å². The Morgan fingerprint density at radius 1 is 0.645 bits per heavy atom. The van der Waals surface area contributed by atoms with Crippen molar-refractivity contribution in [3.8, 4) is 11.5 Å². The van der Waals surface area contributed by atoms with Gasteiger partial charge in [0.1, 0.15) is 11.5 Å². The average molecular weight is 444 g/mol. The molecule has 0 amide bonds. The van der Waals surface area contributed by atoms with E-state index in [-0.39, 0.29) is 12.1 Å². The second-order valence-electron chi connectivity index (χ2n) is 6.51. The second-order valence-corrected chi connectivity index (χ2v) is 6.51. The maximum atomic E-state index is 14.3. The summed E-state index contributed by atoms with van der Waals surface area (Å²) in [5.41, 5.74) is -0.365. The number of rotatable bonds is 7. The van der Waals surface area contributed by atoms with Gasteiger partial charge in [-0.2, -0.15) is 17.6 Å². The van der Waals surface area contributed by atoms with Crippen molar-refractivity contribution in [3.05, 3.63) is 94.8 Å². The van der Waals surface area contributed by atoms with Gasteiger partial charge in [-0.05, 0) is 48.4 Å². The lowest BCUT2D eigenvalue weighted by atomic mass is 10.1. The third-order valence-electron chi connectivity index (χ3n) is 4.34. The molecule has 3 rings (SSSR count). The van der Waals surface area contributed by atoms with Crippen molar-refractivity contribution < 1.29 is 40.2 Å². The summed E-state index contributed by atoms with van der Waals surface area (Å²) in [4.78, 5) is 0. The summed E-state index contributed by atoms with van der Waals surface area (Å²) in [7, 11) is 0. The van der Waals surface area contributed by atoms with Gasteiger partial charge in [0.25, 0.3) is 0 Å². The van der Waals surface area contributed by atoms with Crippen LogP contribution in [0.15, 0.2) is 60.7 Å². The van der Waals surface area contributed by atoms with E-state index in [9.17, 15) is 30.7 Å². The van der Waals surface area contributed by atoms with E-state index in [2.05, 4.69) is 9.47 Å². The molecule has 0 bridgehead atoms. The van der Waals surface area contributed by atoms with E-state index in [4.69, 9.17) is 0 Å². The maximum absolute atomic E-state index is 14.3. The molecule has 0 aliphatic heterocycles. The molecule has 0 saturated heterocycles. The molecule has 164 valence electrons. The Morgan fingerprint density at radius 2 is 1.06 bits per heavy atom. The summed E-state index contributed by atoms with van der Waals surface area (Å²) in [5, 5.41) is 0. The molecule has 0 saturated carbocycles. The lowest BCUT2D eigenvalue weighted by molar-refractivity contribution is -0.187. The van der Waals surface area contributed by atoms with Gasteiger partial charge >= 0.3 is 12.2 Å². The molecule has 0 aliphatic carbocycles. The van der Waals surface area contributed by atoms with E-state index >= 15 is 0 Å². The normalized spacial score (nSPS) is 12.0. The van der Waals surface area contributed by atoms with E-state index in [1.54, 1.807) is 0 Å². The molecule has 2 nitrogen and oxygen atoms in total. The number of ether oxygens (including phenoxy) is 2. The van der Waals surface area contributed by atoms with Gasteiger partial charge in [0.2, 0.25) is 0 Å². The van der Waals surface area contributed by atoms with Crippen LogP contribution in [0.25, 0.3) is 0 Å².